The molecule has 1 aliphatic heterocycles. The van der Waals surface area contributed by atoms with Crippen LogP contribution in [0.15, 0.2) is 83.1 Å². The first-order valence-corrected chi connectivity index (χ1v) is 11.5. The van der Waals surface area contributed by atoms with E-state index in [1.807, 2.05) is 43.0 Å². The predicted molar refractivity (Wildman–Crippen MR) is 142 cm³/mol. The molecule has 0 aromatic heterocycles. The van der Waals surface area contributed by atoms with Crippen molar-refractivity contribution in [2.45, 2.75) is 16.7 Å². The Labute approximate surface area is 194 Å². The smallest absolute Gasteiger partial charge is 0.0658 e. The Hall–Kier alpha value is -2.35. The highest BCUT2D eigenvalue weighted by Gasteiger charge is 2.11. The Morgan fingerprint density at radius 1 is 1.03 bits per heavy atom. The zero-order chi connectivity index (χ0) is 21.9. The third-order valence-corrected chi connectivity index (χ3v) is 5.17. The zero-order valence-corrected chi connectivity index (χ0v) is 19.5. The monoisotopic (exact) mass is 456 g/mol. The summed E-state index contributed by atoms with van der Waals surface area (Å²) in [7, 11) is 0. The second-order valence-corrected chi connectivity index (χ2v) is 8.48. The molecule has 0 amide bonds. The summed E-state index contributed by atoms with van der Waals surface area (Å²) < 4.78 is 0. The first-order chi connectivity index (χ1) is 14.4. The Balaban J connectivity index is 0.000000243. The van der Waals surface area contributed by atoms with Crippen molar-refractivity contribution in [3.05, 3.63) is 78.9 Å². The predicted octanol–water partition coefficient (Wildman–Crippen LogP) is 6.32. The Bertz CT molecular complexity index is 921. The number of nitrogen functional groups attached to an aromatic ring is 2. The van der Waals surface area contributed by atoms with Gasteiger partial charge in [-0.3, -0.25) is 0 Å². The number of hydrogen-bond acceptors (Lipinski definition) is 7. The van der Waals surface area contributed by atoms with Gasteiger partial charge in [0, 0.05) is 38.2 Å². The summed E-state index contributed by atoms with van der Waals surface area (Å²) in [6.07, 6.45) is 0. The van der Waals surface area contributed by atoms with E-state index in [0.717, 1.165) is 44.8 Å². The number of nitrogens with two attached hydrogens (primary N) is 2. The number of thiol groups is 2. The SMILES string of the molecule is C=C(Nc1ccc(S)cc1)c1ccc2c(c1)NCS2.CCS.Nc1ccc(N)cc1. The molecule has 4 nitrogen and oxygen atoms in total. The molecular weight excluding hydrogens is 428 g/mol. The molecule has 0 saturated carbocycles. The van der Waals surface area contributed by atoms with Gasteiger partial charge in [0.25, 0.3) is 0 Å². The molecule has 0 aliphatic carbocycles. The molecule has 0 bridgehead atoms. The van der Waals surface area contributed by atoms with Crippen molar-refractivity contribution in [3.8, 4) is 0 Å². The molecule has 0 radical (unpaired) electrons. The van der Waals surface area contributed by atoms with E-state index >= 15 is 0 Å². The van der Waals surface area contributed by atoms with Crippen LogP contribution in [0, 0.1) is 0 Å². The first-order valence-electron chi connectivity index (χ1n) is 9.40. The minimum atomic E-state index is 0.749. The number of anilines is 4. The molecule has 4 rings (SSSR count). The van der Waals surface area contributed by atoms with Crippen molar-refractivity contribution in [3.63, 3.8) is 0 Å². The third kappa shape index (κ3) is 7.82. The van der Waals surface area contributed by atoms with Gasteiger partial charge in [-0.2, -0.15) is 12.6 Å². The molecule has 6 N–H and O–H groups in total. The number of hydrogen-bond donors (Lipinski definition) is 6. The van der Waals surface area contributed by atoms with Gasteiger partial charge in [0.2, 0.25) is 0 Å². The minimum Gasteiger partial charge on any atom is -0.399 e. The highest BCUT2D eigenvalue weighted by molar-refractivity contribution is 7.99. The lowest BCUT2D eigenvalue weighted by Crippen LogP contribution is -1.98. The van der Waals surface area contributed by atoms with Crippen molar-refractivity contribution in [1.29, 1.82) is 0 Å². The van der Waals surface area contributed by atoms with Crippen LogP contribution in [0.5, 0.6) is 0 Å². The van der Waals surface area contributed by atoms with E-state index in [1.54, 1.807) is 24.3 Å². The molecule has 3 aromatic rings. The minimum absolute atomic E-state index is 0.749. The Morgan fingerprint density at radius 2 is 1.60 bits per heavy atom. The van der Waals surface area contributed by atoms with Gasteiger partial charge in [0.15, 0.2) is 0 Å². The maximum Gasteiger partial charge on any atom is 0.0658 e. The van der Waals surface area contributed by atoms with Crippen LogP contribution in [0.25, 0.3) is 5.70 Å². The lowest BCUT2D eigenvalue weighted by atomic mass is 10.1. The van der Waals surface area contributed by atoms with Gasteiger partial charge >= 0.3 is 0 Å². The van der Waals surface area contributed by atoms with E-state index < -0.39 is 0 Å². The van der Waals surface area contributed by atoms with Crippen LogP contribution in [-0.4, -0.2) is 11.6 Å². The van der Waals surface area contributed by atoms with Crippen LogP contribution in [0.3, 0.4) is 0 Å². The largest absolute Gasteiger partial charge is 0.399 e. The molecule has 0 unspecified atom stereocenters. The van der Waals surface area contributed by atoms with Gasteiger partial charge in [-0.15, -0.1) is 24.4 Å². The standard InChI is InChI=1S/C15H14N2S2.C6H8N2.C2H6S/c1-10(17-12-3-5-13(18)6-4-12)11-2-7-15-14(8-11)16-9-19-15;7-5-1-2-6(8)4-3-5;1-2-3/h2-8,16-18H,1,9H2;1-4H,7-8H2;3H,2H2,1H3. The summed E-state index contributed by atoms with van der Waals surface area (Å²) in [5.41, 5.74) is 16.4. The summed E-state index contributed by atoms with van der Waals surface area (Å²) in [6, 6.07) is 21.4. The Morgan fingerprint density at radius 3 is 2.17 bits per heavy atom. The molecule has 30 heavy (non-hydrogen) atoms. The first kappa shape index (κ1) is 23.9. The molecule has 0 spiro atoms. The quantitative estimate of drug-likeness (QED) is 0.205. The van der Waals surface area contributed by atoms with E-state index in [-0.39, 0.29) is 0 Å². The average molecular weight is 457 g/mol. The van der Waals surface area contributed by atoms with Crippen LogP contribution in [-0.2, 0) is 0 Å². The molecular formula is C23H28N4S3. The highest BCUT2D eigenvalue weighted by atomic mass is 32.2. The molecule has 0 atom stereocenters. The van der Waals surface area contributed by atoms with E-state index in [4.69, 9.17) is 11.5 Å². The highest BCUT2D eigenvalue weighted by Crippen LogP contribution is 2.35. The van der Waals surface area contributed by atoms with Gasteiger partial charge in [0.1, 0.15) is 0 Å². The second-order valence-electron chi connectivity index (χ2n) is 6.31. The van der Waals surface area contributed by atoms with Crippen LogP contribution in [0.1, 0.15) is 12.5 Å². The molecule has 0 fully saturated rings. The summed E-state index contributed by atoms with van der Waals surface area (Å²) in [4.78, 5) is 2.26. The topological polar surface area (TPSA) is 76.1 Å². The lowest BCUT2D eigenvalue weighted by Gasteiger charge is -2.11. The summed E-state index contributed by atoms with van der Waals surface area (Å²) in [5.74, 6) is 1.89. The fourth-order valence-corrected chi connectivity index (χ4v) is 3.44. The van der Waals surface area contributed by atoms with Gasteiger partial charge < -0.3 is 22.1 Å². The fourth-order valence-electron chi connectivity index (χ4n) is 2.46. The van der Waals surface area contributed by atoms with E-state index in [9.17, 15) is 0 Å². The number of thioether (sulfide) groups is 1. The number of rotatable bonds is 3. The summed E-state index contributed by atoms with van der Waals surface area (Å²) in [5, 5.41) is 6.66. The van der Waals surface area contributed by atoms with E-state index in [1.165, 1.54) is 10.6 Å². The van der Waals surface area contributed by atoms with Crippen LogP contribution in [0.2, 0.25) is 0 Å². The fraction of sp³-hybridized carbons (Fsp3) is 0.130. The van der Waals surface area contributed by atoms with Crippen molar-refractivity contribution >= 4 is 65.5 Å². The van der Waals surface area contributed by atoms with Gasteiger partial charge in [-0.25, -0.2) is 0 Å². The lowest BCUT2D eigenvalue weighted by molar-refractivity contribution is 1.40. The van der Waals surface area contributed by atoms with Gasteiger partial charge in [-0.1, -0.05) is 19.6 Å². The third-order valence-electron chi connectivity index (χ3n) is 3.92. The molecule has 7 heteroatoms. The molecule has 1 heterocycles. The number of benzene rings is 3. The maximum absolute atomic E-state index is 5.37. The summed E-state index contributed by atoms with van der Waals surface area (Å²) in [6.45, 7) is 6.09. The van der Waals surface area contributed by atoms with Crippen molar-refractivity contribution in [2.75, 3.05) is 33.7 Å². The van der Waals surface area contributed by atoms with Crippen molar-refractivity contribution in [1.82, 2.24) is 0 Å². The van der Waals surface area contributed by atoms with Crippen LogP contribution < -0.4 is 22.1 Å². The van der Waals surface area contributed by atoms with E-state index in [0.29, 0.717) is 0 Å². The summed E-state index contributed by atoms with van der Waals surface area (Å²) >= 11 is 9.89. The van der Waals surface area contributed by atoms with Gasteiger partial charge in [0.05, 0.1) is 5.88 Å². The normalized spacial score (nSPS) is 11.0. The molecule has 1 aliphatic rings. The zero-order valence-electron chi connectivity index (χ0n) is 16.9. The Kier molecular flexibility index (Phi) is 9.86. The second kappa shape index (κ2) is 12.4. The number of nitrogens with one attached hydrogen (secondary N) is 2. The molecule has 3 aromatic carbocycles. The number of fused-ring (bicyclic) bond motifs is 1. The van der Waals surface area contributed by atoms with Crippen molar-refractivity contribution < 1.29 is 0 Å². The van der Waals surface area contributed by atoms with Crippen LogP contribution in [0.4, 0.5) is 22.7 Å². The molecule has 0 saturated heterocycles. The van der Waals surface area contributed by atoms with Crippen molar-refractivity contribution in [2.24, 2.45) is 0 Å². The van der Waals surface area contributed by atoms with E-state index in [2.05, 4.69) is 60.7 Å². The van der Waals surface area contributed by atoms with Gasteiger partial charge in [-0.05, 0) is 72.0 Å². The molecule has 158 valence electrons. The average Bonchev–Trinajstić information content (AvgIpc) is 3.21. The van der Waals surface area contributed by atoms with Crippen LogP contribution >= 0.6 is 37.0 Å². The maximum atomic E-state index is 5.37.